The molecule has 0 bridgehead atoms. The molecule has 0 saturated heterocycles. The van der Waals surface area contributed by atoms with Crippen molar-refractivity contribution in [3.8, 4) is 0 Å². The van der Waals surface area contributed by atoms with Gasteiger partial charge in [0.2, 0.25) is 0 Å². The first kappa shape index (κ1) is 10.7. The van der Waals surface area contributed by atoms with Gasteiger partial charge in [-0.15, -0.1) is 0 Å². The van der Waals surface area contributed by atoms with Crippen LogP contribution >= 0.6 is 0 Å². The molecule has 0 atom stereocenters. The van der Waals surface area contributed by atoms with E-state index in [-0.39, 0.29) is 0 Å². The second-order valence-corrected chi connectivity index (χ2v) is 4.50. The summed E-state index contributed by atoms with van der Waals surface area (Å²) in [6.07, 6.45) is 2.75. The summed E-state index contributed by atoms with van der Waals surface area (Å²) in [5.41, 5.74) is 0.0550. The Morgan fingerprint density at radius 2 is 2.25 bits per heavy atom. The van der Waals surface area contributed by atoms with Crippen LogP contribution in [-0.4, -0.2) is 21.2 Å². The van der Waals surface area contributed by atoms with E-state index in [2.05, 4.69) is 11.1 Å². The van der Waals surface area contributed by atoms with Gasteiger partial charge in [0.1, 0.15) is 11.2 Å². The Labute approximate surface area is 93.9 Å². The van der Waals surface area contributed by atoms with Crippen molar-refractivity contribution in [3.63, 3.8) is 0 Å². The number of pyridine rings is 1. The zero-order chi connectivity index (χ0) is 11.8. The van der Waals surface area contributed by atoms with Gasteiger partial charge in [-0.1, -0.05) is 0 Å². The number of nitrogens with zero attached hydrogens (tertiary/aromatic N) is 2. The van der Waals surface area contributed by atoms with Crippen LogP contribution in [0.25, 0.3) is 11.0 Å². The van der Waals surface area contributed by atoms with Crippen LogP contribution in [0.15, 0.2) is 24.5 Å². The fourth-order valence-electron chi connectivity index (χ4n) is 1.35. The van der Waals surface area contributed by atoms with E-state index in [9.17, 15) is 4.79 Å². The van der Waals surface area contributed by atoms with Crippen LogP contribution in [-0.2, 0) is 4.74 Å². The molecule has 0 aliphatic heterocycles. The van der Waals surface area contributed by atoms with Gasteiger partial charge in [-0.2, -0.15) is 0 Å². The molecule has 0 N–H and O–H groups in total. The zero-order valence-electron chi connectivity index (χ0n) is 9.52. The first-order chi connectivity index (χ1) is 7.47. The maximum absolute atomic E-state index is 11.8. The molecule has 0 unspecified atom stereocenters. The third-order valence-electron chi connectivity index (χ3n) is 1.95. The van der Waals surface area contributed by atoms with E-state index in [1.54, 1.807) is 18.5 Å². The van der Waals surface area contributed by atoms with Gasteiger partial charge in [0.25, 0.3) is 0 Å². The van der Waals surface area contributed by atoms with Crippen LogP contribution < -0.4 is 0 Å². The lowest BCUT2D eigenvalue weighted by atomic mass is 10.2. The number of aromatic nitrogens is 2. The summed E-state index contributed by atoms with van der Waals surface area (Å²) in [6.45, 7) is 5.48. The first-order valence-corrected chi connectivity index (χ1v) is 5.04. The second kappa shape index (κ2) is 3.63. The summed E-state index contributed by atoms with van der Waals surface area (Å²) in [5.74, 6) is 0. The average molecular weight is 217 g/mol. The number of fused-ring (bicyclic) bond motifs is 1. The van der Waals surface area contributed by atoms with Crippen LogP contribution in [0.2, 0.25) is 0 Å². The SMILES string of the molecule is CC(C)(C)OC(=O)n1c[c]c2cccnc21. The van der Waals surface area contributed by atoms with Crippen LogP contribution in [0, 0.1) is 6.07 Å². The lowest BCUT2D eigenvalue weighted by molar-refractivity contribution is 0.0543. The van der Waals surface area contributed by atoms with E-state index in [4.69, 9.17) is 4.74 Å². The number of hydrogen-bond donors (Lipinski definition) is 0. The molecule has 2 heterocycles. The quantitative estimate of drug-likeness (QED) is 0.681. The molecule has 2 aromatic heterocycles. The van der Waals surface area contributed by atoms with Crippen LogP contribution in [0.5, 0.6) is 0 Å². The Balaban J connectivity index is 2.37. The van der Waals surface area contributed by atoms with Gasteiger partial charge in [0.15, 0.2) is 0 Å². The van der Waals surface area contributed by atoms with E-state index >= 15 is 0 Å². The summed E-state index contributed by atoms with van der Waals surface area (Å²) in [4.78, 5) is 15.9. The first-order valence-electron chi connectivity index (χ1n) is 5.04. The van der Waals surface area contributed by atoms with Gasteiger partial charge < -0.3 is 4.74 Å². The van der Waals surface area contributed by atoms with Crippen molar-refractivity contribution in [2.75, 3.05) is 0 Å². The number of carbonyl (C=O) groups is 1. The smallest absolute Gasteiger partial charge is 0.420 e. The maximum Gasteiger partial charge on any atom is 0.420 e. The van der Waals surface area contributed by atoms with Gasteiger partial charge in [0, 0.05) is 23.8 Å². The summed E-state index contributed by atoms with van der Waals surface area (Å²) >= 11 is 0. The Morgan fingerprint density at radius 1 is 1.50 bits per heavy atom. The zero-order valence-corrected chi connectivity index (χ0v) is 9.52. The third-order valence-corrected chi connectivity index (χ3v) is 1.95. The van der Waals surface area contributed by atoms with Crippen molar-refractivity contribution in [2.45, 2.75) is 26.4 Å². The summed E-state index contributed by atoms with van der Waals surface area (Å²) in [7, 11) is 0. The standard InChI is InChI=1S/C12H13N2O2/c1-12(2,3)16-11(15)14-8-6-9-5-4-7-13-10(9)14/h4-5,7-8H,1-3H3. The van der Waals surface area contributed by atoms with Crippen LogP contribution in [0.1, 0.15) is 20.8 Å². The molecule has 0 saturated carbocycles. The van der Waals surface area contributed by atoms with Gasteiger partial charge in [-0.25, -0.2) is 14.3 Å². The Kier molecular flexibility index (Phi) is 2.42. The predicted octanol–water partition coefficient (Wildman–Crippen LogP) is 2.62. The number of carbonyl (C=O) groups excluding carboxylic acids is 1. The van der Waals surface area contributed by atoms with Crippen LogP contribution in [0.3, 0.4) is 0 Å². The minimum absolute atomic E-state index is 0.433. The molecule has 0 aliphatic rings. The van der Waals surface area contributed by atoms with Crippen molar-refractivity contribution >= 4 is 17.1 Å². The molecule has 0 aliphatic carbocycles. The van der Waals surface area contributed by atoms with Crippen molar-refractivity contribution in [1.82, 2.24) is 9.55 Å². The molecule has 2 rings (SSSR count). The van der Waals surface area contributed by atoms with E-state index in [1.807, 2.05) is 26.8 Å². The van der Waals surface area contributed by atoms with Gasteiger partial charge in [0.05, 0.1) is 0 Å². The molecule has 1 radical (unpaired) electrons. The molecule has 0 fully saturated rings. The minimum Gasteiger partial charge on any atom is -0.443 e. The van der Waals surface area contributed by atoms with E-state index in [0.29, 0.717) is 5.65 Å². The summed E-state index contributed by atoms with van der Waals surface area (Å²) < 4.78 is 6.62. The molecule has 0 spiro atoms. The summed E-state index contributed by atoms with van der Waals surface area (Å²) in [6, 6.07) is 6.61. The molecule has 0 aromatic carbocycles. The molecule has 4 nitrogen and oxygen atoms in total. The maximum atomic E-state index is 11.8. The van der Waals surface area contributed by atoms with Gasteiger partial charge in [-0.05, 0) is 32.9 Å². The highest BCUT2D eigenvalue weighted by Gasteiger charge is 2.19. The summed E-state index contributed by atoms with van der Waals surface area (Å²) in [5, 5.41) is 0.799. The van der Waals surface area contributed by atoms with Crippen molar-refractivity contribution in [2.24, 2.45) is 0 Å². The molecule has 0 amide bonds. The molecule has 4 heteroatoms. The highest BCUT2D eigenvalue weighted by Crippen LogP contribution is 2.14. The lowest BCUT2D eigenvalue weighted by Crippen LogP contribution is -2.26. The third kappa shape index (κ3) is 2.05. The molecule has 2 aromatic rings. The lowest BCUT2D eigenvalue weighted by Gasteiger charge is -2.19. The normalized spacial score (nSPS) is 11.7. The van der Waals surface area contributed by atoms with Crippen molar-refractivity contribution in [3.05, 3.63) is 30.6 Å². The highest BCUT2D eigenvalue weighted by atomic mass is 16.6. The Morgan fingerprint density at radius 3 is 2.94 bits per heavy atom. The van der Waals surface area contributed by atoms with Gasteiger partial charge in [-0.3, -0.25) is 0 Å². The average Bonchev–Trinajstić information content (AvgIpc) is 2.58. The van der Waals surface area contributed by atoms with Crippen LogP contribution in [0.4, 0.5) is 4.79 Å². The monoisotopic (exact) mass is 217 g/mol. The molecule has 16 heavy (non-hydrogen) atoms. The topological polar surface area (TPSA) is 44.1 Å². The second-order valence-electron chi connectivity index (χ2n) is 4.50. The van der Waals surface area contributed by atoms with Crippen molar-refractivity contribution < 1.29 is 9.53 Å². The fourth-order valence-corrected chi connectivity index (χ4v) is 1.35. The van der Waals surface area contributed by atoms with Gasteiger partial charge >= 0.3 is 6.09 Å². The number of ether oxygens (including phenoxy) is 1. The number of rotatable bonds is 0. The number of hydrogen-bond acceptors (Lipinski definition) is 3. The Hall–Kier alpha value is -1.84. The predicted molar refractivity (Wildman–Crippen MR) is 60.2 cm³/mol. The molecular weight excluding hydrogens is 204 g/mol. The fraction of sp³-hybridized carbons (Fsp3) is 0.333. The minimum atomic E-state index is -0.511. The molecule has 83 valence electrons. The highest BCUT2D eigenvalue weighted by molar-refractivity contribution is 5.86. The van der Waals surface area contributed by atoms with E-state index in [0.717, 1.165) is 5.39 Å². The van der Waals surface area contributed by atoms with E-state index < -0.39 is 11.7 Å². The molecular formula is C12H13N2O2. The van der Waals surface area contributed by atoms with E-state index in [1.165, 1.54) is 4.57 Å². The largest absolute Gasteiger partial charge is 0.443 e. The Bertz CT molecular complexity index is 523. The van der Waals surface area contributed by atoms with Crippen molar-refractivity contribution in [1.29, 1.82) is 0 Å².